The van der Waals surface area contributed by atoms with E-state index in [1.165, 1.54) is 20.8 Å². The molecule has 24 nitrogen and oxygen atoms in total. The summed E-state index contributed by atoms with van der Waals surface area (Å²) in [5.74, 6) is 1.32. The molecule has 0 aromatic rings. The molecule has 0 aromatic heterocycles. The molecule has 3 amide bonds. The second kappa shape index (κ2) is 54.7. The van der Waals surface area contributed by atoms with E-state index >= 15 is 0 Å². The summed E-state index contributed by atoms with van der Waals surface area (Å²) in [6.07, 6.45) is 20.2. The Bertz CT molecular complexity index is 2180. The molecule has 3 aliphatic heterocycles. The van der Waals surface area contributed by atoms with Gasteiger partial charge in [-0.3, -0.25) is 38.4 Å². The Hall–Kier alpha value is -4.85. The Morgan fingerprint density at radius 2 is 0.625 bits per heavy atom. The molecule has 104 heavy (non-hydrogen) atoms. The number of ether oxygens (including phenoxy) is 11. The van der Waals surface area contributed by atoms with Crippen LogP contribution in [0.3, 0.4) is 0 Å². The van der Waals surface area contributed by atoms with Crippen molar-refractivity contribution in [3.63, 3.8) is 0 Å². The first-order valence-corrected chi connectivity index (χ1v) is 40.3. The van der Waals surface area contributed by atoms with Crippen LogP contribution in [0.2, 0.25) is 0 Å². The van der Waals surface area contributed by atoms with Crippen molar-refractivity contribution in [2.24, 2.45) is 59.0 Å². The van der Waals surface area contributed by atoms with Crippen molar-refractivity contribution < 1.29 is 95.3 Å². The quantitative estimate of drug-likeness (QED) is 0.0250. The van der Waals surface area contributed by atoms with E-state index in [-0.39, 0.29) is 134 Å². The third kappa shape index (κ3) is 40.9. The van der Waals surface area contributed by atoms with E-state index in [0.717, 1.165) is 103 Å². The van der Waals surface area contributed by atoms with Crippen molar-refractivity contribution in [2.45, 2.75) is 331 Å². The summed E-state index contributed by atoms with van der Waals surface area (Å²) in [6, 6.07) is 0. The number of rotatable bonds is 58. The smallest absolute Gasteiger partial charge is 0.407 e. The maximum atomic E-state index is 13.0. The topological polar surface area (TPSA) is 317 Å². The van der Waals surface area contributed by atoms with Crippen LogP contribution in [-0.4, -0.2) is 169 Å². The largest absolute Gasteiger partial charge is 0.466 e. The van der Waals surface area contributed by atoms with E-state index in [9.17, 15) is 43.2 Å². The number of ketones is 2. The molecular formula is C80H142N4O20. The zero-order valence-corrected chi connectivity index (χ0v) is 66.3. The highest BCUT2D eigenvalue weighted by Gasteiger charge is 2.43. The van der Waals surface area contributed by atoms with Crippen LogP contribution in [-0.2, 0) is 90.5 Å². The predicted molar refractivity (Wildman–Crippen MR) is 397 cm³/mol. The van der Waals surface area contributed by atoms with Crippen molar-refractivity contribution in [3.05, 3.63) is 0 Å². The summed E-state index contributed by atoms with van der Waals surface area (Å²) in [6.45, 7) is 27.2. The Kier molecular flexibility index (Phi) is 49.1. The van der Waals surface area contributed by atoms with Gasteiger partial charge in [0.05, 0.1) is 51.3 Å². The molecule has 16 unspecified atom stereocenters. The molecule has 16 atom stereocenters. The van der Waals surface area contributed by atoms with E-state index < -0.39 is 30.5 Å². The van der Waals surface area contributed by atoms with Gasteiger partial charge in [-0.15, -0.1) is 0 Å². The van der Waals surface area contributed by atoms with Gasteiger partial charge in [0.2, 0.25) is 11.8 Å². The number of amides is 3. The molecule has 0 bridgehead atoms. The molecule has 3 heterocycles. The highest BCUT2D eigenvalue weighted by Crippen LogP contribution is 2.39. The highest BCUT2D eigenvalue weighted by molar-refractivity contribution is 5.79. The number of hydrogen-bond acceptors (Lipinski definition) is 21. The number of nitrogens with two attached hydrogens (primary N) is 1. The number of alkyl carbamates (subject to hydrolysis) is 1. The second-order valence-electron chi connectivity index (χ2n) is 30.6. The van der Waals surface area contributed by atoms with Crippen molar-refractivity contribution in [3.8, 4) is 0 Å². The molecule has 3 fully saturated rings. The fraction of sp³-hybridized carbons (Fsp3) is 0.887. The van der Waals surface area contributed by atoms with E-state index in [1.54, 1.807) is 0 Å². The second-order valence-corrected chi connectivity index (χ2v) is 30.6. The molecule has 3 aliphatic rings. The summed E-state index contributed by atoms with van der Waals surface area (Å²) >= 11 is 0. The lowest BCUT2D eigenvalue weighted by atomic mass is 9.79. The van der Waals surface area contributed by atoms with Crippen molar-refractivity contribution >= 4 is 53.4 Å². The van der Waals surface area contributed by atoms with E-state index in [4.69, 9.17) is 57.8 Å². The van der Waals surface area contributed by atoms with E-state index in [0.29, 0.717) is 160 Å². The fourth-order valence-electron chi connectivity index (χ4n) is 14.0. The van der Waals surface area contributed by atoms with Gasteiger partial charge < -0.3 is 73.8 Å². The minimum absolute atomic E-state index is 0.00673. The van der Waals surface area contributed by atoms with Crippen LogP contribution in [0.4, 0.5) is 4.79 Å². The van der Waals surface area contributed by atoms with Gasteiger partial charge in [-0.25, -0.2) is 4.79 Å². The van der Waals surface area contributed by atoms with Crippen LogP contribution >= 0.6 is 0 Å². The Morgan fingerprint density at radius 1 is 0.317 bits per heavy atom. The number of Topliss-reactive ketones (excluding diaryl/α,β-unsaturated/α-hetero) is 2. The first-order valence-electron chi connectivity index (χ1n) is 40.3. The molecule has 0 spiro atoms. The molecule has 3 saturated heterocycles. The molecule has 0 aliphatic carbocycles. The van der Waals surface area contributed by atoms with Crippen molar-refractivity contribution in [2.75, 3.05) is 72.5 Å². The molecule has 5 N–H and O–H groups in total. The molecule has 0 saturated carbocycles. The van der Waals surface area contributed by atoms with Crippen molar-refractivity contribution in [1.82, 2.24) is 16.0 Å². The number of esters is 4. The molecule has 3 rings (SSSR count). The van der Waals surface area contributed by atoms with Gasteiger partial charge in [-0.2, -0.15) is 0 Å². The molecule has 0 aromatic carbocycles. The highest BCUT2D eigenvalue weighted by atomic mass is 16.7. The predicted octanol–water partition coefficient (Wildman–Crippen LogP) is 13.4. The average Bonchev–Trinajstić information content (AvgIpc) is 0.799. The van der Waals surface area contributed by atoms with Crippen LogP contribution in [0.1, 0.15) is 289 Å². The number of nitrogens with one attached hydrogen (secondary N) is 3. The summed E-state index contributed by atoms with van der Waals surface area (Å²) in [5.41, 5.74) is 6.48. The van der Waals surface area contributed by atoms with Gasteiger partial charge in [0.1, 0.15) is 31.4 Å². The minimum Gasteiger partial charge on any atom is -0.466 e. The molecule has 0 radical (unpaired) electrons. The summed E-state index contributed by atoms with van der Waals surface area (Å²) in [5, 5.41) is 8.86. The zero-order valence-electron chi connectivity index (χ0n) is 66.3. The van der Waals surface area contributed by atoms with Crippen LogP contribution in [0, 0.1) is 53.3 Å². The Labute approximate surface area is 624 Å². The summed E-state index contributed by atoms with van der Waals surface area (Å²) in [7, 11) is 0. The van der Waals surface area contributed by atoms with Crippen LogP contribution in [0.5, 0.6) is 0 Å². The third-order valence-electron chi connectivity index (χ3n) is 22.1. The van der Waals surface area contributed by atoms with Gasteiger partial charge in [0.25, 0.3) is 0 Å². The number of carbonyl (C=O) groups excluding carboxylic acids is 9. The lowest BCUT2D eigenvalue weighted by Gasteiger charge is -2.43. The third-order valence-corrected chi connectivity index (χ3v) is 22.1. The standard InChI is InChI=1S/C80H142N4O20/c1-56-59(4)70(53-99-65(10)85)102-76(62(56)7)95-48-30-38-69(89)36-23-17-14-21-29-47-84-79(93)98-52-34-44-80(81,42-26-25-37-68(88)35-22-16-13-19-27-45-82-73(90)39-31-49-96-77-63(8)57(2)60(5)71(103-77)54-100-66(11)86)43-33-51-94-75(92)41-24-18-15-20-28-46-83-74(91)40-32-50-97-78-64(9)58(3)61(6)72(104-78)55-101-67(12)87/h56-64,70-72,76-78H,13-55,81H2,1-12H3,(H,82,90)(H,83,91)(H,84,93). The minimum atomic E-state index is -0.600. The average molecular weight is 1480 g/mol. The monoisotopic (exact) mass is 1480 g/mol. The number of hydrogen-bond donors (Lipinski definition) is 4. The molecule has 24 heteroatoms. The van der Waals surface area contributed by atoms with Gasteiger partial charge in [-0.1, -0.05) is 127 Å². The summed E-state index contributed by atoms with van der Waals surface area (Å²) < 4.78 is 63.5. The SMILES string of the molecule is CC(=O)OCC1OC(OCCCC(=O)CCCCCCCNC(=O)OCCCC(N)(CCCCC(=O)CCCCCCCNC(=O)CCCOC2OC(COC(C)=O)C(C)C(C)C2C)CCCOC(=O)CCCCCCCNC(=O)CCCOC2OC(COC(C)=O)C(C)C(C)C2C)C(C)C(C)C1C. The molecule has 602 valence electrons. The number of carbonyl (C=O) groups is 9. The van der Waals surface area contributed by atoms with Crippen molar-refractivity contribution in [1.29, 1.82) is 0 Å². The van der Waals surface area contributed by atoms with E-state index in [2.05, 4.69) is 78.3 Å². The van der Waals surface area contributed by atoms with Crippen LogP contribution < -0.4 is 21.7 Å². The van der Waals surface area contributed by atoms with Crippen LogP contribution in [0.15, 0.2) is 0 Å². The van der Waals surface area contributed by atoms with Gasteiger partial charge >= 0.3 is 30.0 Å². The van der Waals surface area contributed by atoms with Crippen LogP contribution in [0.25, 0.3) is 0 Å². The number of unbranched alkanes of at least 4 members (excludes halogenated alkanes) is 13. The normalized spacial score (nSPS) is 25.2. The lowest BCUT2D eigenvalue weighted by molar-refractivity contribution is -0.255. The zero-order chi connectivity index (χ0) is 76.7. The van der Waals surface area contributed by atoms with E-state index in [1.807, 2.05) is 0 Å². The van der Waals surface area contributed by atoms with Gasteiger partial charge in [0, 0.05) is 109 Å². The first-order chi connectivity index (χ1) is 49.7. The van der Waals surface area contributed by atoms with Gasteiger partial charge in [0.15, 0.2) is 18.9 Å². The molecular weight excluding hydrogens is 1340 g/mol. The Morgan fingerprint density at radius 3 is 1.01 bits per heavy atom. The fourth-order valence-corrected chi connectivity index (χ4v) is 14.0. The summed E-state index contributed by atoms with van der Waals surface area (Å²) in [4.78, 5) is 110. The Balaban J connectivity index is 1.29. The first kappa shape index (κ1) is 93.4. The van der Waals surface area contributed by atoms with Gasteiger partial charge in [-0.05, 0) is 132 Å². The lowest BCUT2D eigenvalue weighted by Crippen LogP contribution is -2.47. The maximum absolute atomic E-state index is 13.0. The maximum Gasteiger partial charge on any atom is 0.407 e.